The summed E-state index contributed by atoms with van der Waals surface area (Å²) in [6, 6.07) is 11.3. The van der Waals surface area contributed by atoms with Gasteiger partial charge in [0.2, 0.25) is 9.84 Å². The maximum Gasteiger partial charge on any atom is 0.206 e. The normalized spacial score (nSPS) is 11.4. The molecule has 0 amide bonds. The van der Waals surface area contributed by atoms with Crippen molar-refractivity contribution in [3.8, 4) is 0 Å². The first-order valence-electron chi connectivity index (χ1n) is 4.63. The third-order valence-corrected chi connectivity index (χ3v) is 4.66. The number of halogens is 2. The minimum Gasteiger partial charge on any atom is -0.234 e. The number of rotatable bonds is 2. The van der Waals surface area contributed by atoms with Gasteiger partial charge in [-0.3, -0.25) is 0 Å². The average Bonchev–Trinajstić information content (AvgIpc) is 2.29. The molecule has 3 nitrogen and oxygen atoms in total. The molecule has 0 bridgehead atoms. The van der Waals surface area contributed by atoms with Gasteiger partial charge in [-0.25, -0.2) is 13.4 Å². The third-order valence-electron chi connectivity index (χ3n) is 2.10. The van der Waals surface area contributed by atoms with E-state index in [1.165, 1.54) is 12.1 Å². The lowest BCUT2D eigenvalue weighted by Gasteiger charge is -2.05. The molecule has 1 heterocycles. The van der Waals surface area contributed by atoms with Crippen molar-refractivity contribution >= 4 is 41.7 Å². The summed E-state index contributed by atoms with van der Waals surface area (Å²) in [4.78, 5) is 4.48. The average molecular weight is 377 g/mol. The van der Waals surface area contributed by atoms with Crippen LogP contribution in [0.5, 0.6) is 0 Å². The summed E-state index contributed by atoms with van der Waals surface area (Å²) < 4.78 is 25.5. The fourth-order valence-electron chi connectivity index (χ4n) is 1.33. The second kappa shape index (κ2) is 4.88. The van der Waals surface area contributed by atoms with Gasteiger partial charge in [-0.15, -0.1) is 0 Å². The highest BCUT2D eigenvalue weighted by molar-refractivity contribution is 9.11. The first-order chi connectivity index (χ1) is 8.00. The first-order valence-corrected chi connectivity index (χ1v) is 7.70. The highest BCUT2D eigenvalue weighted by Gasteiger charge is 2.18. The largest absolute Gasteiger partial charge is 0.234 e. The van der Waals surface area contributed by atoms with Crippen molar-refractivity contribution in [1.82, 2.24) is 4.98 Å². The highest BCUT2D eigenvalue weighted by Crippen LogP contribution is 2.25. The zero-order valence-corrected chi connectivity index (χ0v) is 12.5. The summed E-state index contributed by atoms with van der Waals surface area (Å²) in [7, 11) is -3.48. The van der Waals surface area contributed by atoms with Crippen molar-refractivity contribution in [3.05, 3.63) is 51.7 Å². The Morgan fingerprint density at radius 3 is 1.94 bits per heavy atom. The molecule has 17 heavy (non-hydrogen) atoms. The molecule has 0 spiro atoms. The standard InChI is InChI=1S/C11H7Br2NO2S/c12-10-6-9(7-11(13)14-10)17(15,16)8-4-2-1-3-5-8/h1-7H. The molecule has 0 saturated carbocycles. The molecule has 0 aliphatic heterocycles. The molecule has 0 aliphatic carbocycles. The Morgan fingerprint density at radius 1 is 0.882 bits per heavy atom. The van der Waals surface area contributed by atoms with Crippen LogP contribution >= 0.6 is 31.9 Å². The van der Waals surface area contributed by atoms with E-state index in [9.17, 15) is 8.42 Å². The quantitative estimate of drug-likeness (QED) is 0.754. The van der Waals surface area contributed by atoms with Crippen molar-refractivity contribution in [1.29, 1.82) is 0 Å². The molecule has 0 radical (unpaired) electrons. The Morgan fingerprint density at radius 2 is 1.41 bits per heavy atom. The maximum absolute atomic E-state index is 12.3. The lowest BCUT2D eigenvalue weighted by atomic mass is 10.4. The number of pyridine rings is 1. The Labute approximate surface area is 116 Å². The van der Waals surface area contributed by atoms with E-state index in [-0.39, 0.29) is 9.79 Å². The predicted octanol–water partition coefficient (Wildman–Crippen LogP) is 3.44. The fourth-order valence-corrected chi connectivity index (χ4v) is 4.07. The van der Waals surface area contributed by atoms with Crippen LogP contribution in [0.2, 0.25) is 0 Å². The number of benzene rings is 1. The predicted molar refractivity (Wildman–Crippen MR) is 71.5 cm³/mol. The van der Waals surface area contributed by atoms with E-state index in [0.717, 1.165) is 0 Å². The van der Waals surface area contributed by atoms with Gasteiger partial charge in [0, 0.05) is 0 Å². The van der Waals surface area contributed by atoms with Gasteiger partial charge in [-0.2, -0.15) is 0 Å². The van der Waals surface area contributed by atoms with Crippen LogP contribution in [-0.4, -0.2) is 13.4 Å². The number of sulfone groups is 1. The molecule has 0 saturated heterocycles. The molecule has 2 rings (SSSR count). The Kier molecular flexibility index (Phi) is 3.65. The summed E-state index contributed by atoms with van der Waals surface area (Å²) in [6.45, 7) is 0. The number of hydrogen-bond donors (Lipinski definition) is 0. The lowest BCUT2D eigenvalue weighted by Crippen LogP contribution is -2.02. The van der Waals surface area contributed by atoms with Gasteiger partial charge < -0.3 is 0 Å². The Hall–Kier alpha value is -0.720. The van der Waals surface area contributed by atoms with E-state index < -0.39 is 9.84 Å². The molecule has 0 fully saturated rings. The molecule has 1 aromatic heterocycles. The van der Waals surface area contributed by atoms with E-state index in [2.05, 4.69) is 36.8 Å². The second-order valence-corrected chi connectivity index (χ2v) is 6.84. The van der Waals surface area contributed by atoms with E-state index in [0.29, 0.717) is 9.21 Å². The van der Waals surface area contributed by atoms with Crippen molar-refractivity contribution < 1.29 is 8.42 Å². The van der Waals surface area contributed by atoms with Crippen molar-refractivity contribution in [2.24, 2.45) is 0 Å². The number of nitrogens with zero attached hydrogens (tertiary/aromatic N) is 1. The molecule has 88 valence electrons. The lowest BCUT2D eigenvalue weighted by molar-refractivity contribution is 0.595. The topological polar surface area (TPSA) is 47.0 Å². The number of hydrogen-bond acceptors (Lipinski definition) is 3. The minimum absolute atomic E-state index is 0.206. The van der Waals surface area contributed by atoms with Gasteiger partial charge >= 0.3 is 0 Å². The van der Waals surface area contributed by atoms with Crippen LogP contribution < -0.4 is 0 Å². The van der Waals surface area contributed by atoms with Crippen LogP contribution in [0, 0.1) is 0 Å². The highest BCUT2D eigenvalue weighted by atomic mass is 79.9. The first kappa shape index (κ1) is 12.7. The molecule has 0 atom stereocenters. The smallest absolute Gasteiger partial charge is 0.206 e. The maximum atomic E-state index is 12.3. The van der Waals surface area contributed by atoms with Gasteiger partial charge in [0.05, 0.1) is 9.79 Å². The molecule has 0 N–H and O–H groups in total. The summed E-state index contributed by atoms with van der Waals surface area (Å²) >= 11 is 6.34. The molecular weight excluding hydrogens is 370 g/mol. The van der Waals surface area contributed by atoms with Crippen LogP contribution in [0.15, 0.2) is 61.5 Å². The van der Waals surface area contributed by atoms with E-state index in [1.54, 1.807) is 30.3 Å². The molecule has 2 aromatic rings. The molecule has 6 heteroatoms. The zero-order chi connectivity index (χ0) is 12.5. The summed E-state index contributed by atoms with van der Waals surface area (Å²) in [5, 5.41) is 0. The zero-order valence-electron chi connectivity index (χ0n) is 8.47. The Balaban J connectivity index is 2.60. The van der Waals surface area contributed by atoms with Crippen molar-refractivity contribution in [2.75, 3.05) is 0 Å². The van der Waals surface area contributed by atoms with Crippen LogP contribution in [0.25, 0.3) is 0 Å². The molecule has 0 aliphatic rings. The van der Waals surface area contributed by atoms with Crippen molar-refractivity contribution in [3.63, 3.8) is 0 Å². The summed E-state index contributed by atoms with van der Waals surface area (Å²) in [5.41, 5.74) is 0. The fraction of sp³-hybridized carbons (Fsp3) is 0. The van der Waals surface area contributed by atoms with Crippen LogP contribution in [-0.2, 0) is 9.84 Å². The van der Waals surface area contributed by atoms with E-state index in [4.69, 9.17) is 0 Å². The monoisotopic (exact) mass is 375 g/mol. The second-order valence-electron chi connectivity index (χ2n) is 3.26. The van der Waals surface area contributed by atoms with Crippen molar-refractivity contribution in [2.45, 2.75) is 9.79 Å². The minimum atomic E-state index is -3.48. The Bertz CT molecular complexity index is 622. The van der Waals surface area contributed by atoms with Gasteiger partial charge in [0.25, 0.3) is 0 Å². The molecule has 0 unspecified atom stereocenters. The van der Waals surface area contributed by atoms with Gasteiger partial charge in [-0.1, -0.05) is 18.2 Å². The number of aromatic nitrogens is 1. The SMILES string of the molecule is O=S(=O)(c1ccccc1)c1cc(Br)nc(Br)c1. The van der Waals surface area contributed by atoms with Crippen LogP contribution in [0.1, 0.15) is 0 Å². The summed E-state index contributed by atoms with van der Waals surface area (Å²) in [6.07, 6.45) is 0. The van der Waals surface area contributed by atoms with E-state index >= 15 is 0 Å². The van der Waals surface area contributed by atoms with Gasteiger partial charge in [0.15, 0.2) is 0 Å². The van der Waals surface area contributed by atoms with E-state index in [1.807, 2.05) is 0 Å². The van der Waals surface area contributed by atoms with Gasteiger partial charge in [0.1, 0.15) is 9.21 Å². The molecule has 1 aromatic carbocycles. The van der Waals surface area contributed by atoms with Crippen LogP contribution in [0.4, 0.5) is 0 Å². The third kappa shape index (κ3) is 2.75. The summed E-state index contributed by atoms with van der Waals surface area (Å²) in [5.74, 6) is 0. The molecular formula is C11H7Br2NO2S. The van der Waals surface area contributed by atoms with Gasteiger partial charge in [-0.05, 0) is 56.1 Å². The van der Waals surface area contributed by atoms with Crippen LogP contribution in [0.3, 0.4) is 0 Å².